The Morgan fingerprint density at radius 3 is 2.55 bits per heavy atom. The van der Waals surface area contributed by atoms with Gasteiger partial charge in [-0.25, -0.2) is 8.78 Å². The zero-order valence-electron chi connectivity index (χ0n) is 11.6. The van der Waals surface area contributed by atoms with E-state index < -0.39 is 11.6 Å². The number of guanidine groups is 1. The molecule has 112 valence electrons. The standard InChI is InChI=1S/C14H19F2N3.HI/c1-9(2)19-13(17)18-8-14(5-6-14)11-4-3-10(15)7-12(11)16;/h3-4,7,9H,5-6,8H2,1-2H3,(H3,17,18,19);1H. The number of hydrogen-bond acceptors (Lipinski definition) is 1. The van der Waals surface area contributed by atoms with Crippen molar-refractivity contribution in [3.8, 4) is 0 Å². The Morgan fingerprint density at radius 2 is 2.05 bits per heavy atom. The number of halogens is 3. The highest BCUT2D eigenvalue weighted by Gasteiger charge is 2.46. The third-order valence-corrected chi connectivity index (χ3v) is 3.34. The lowest BCUT2D eigenvalue weighted by atomic mass is 9.95. The predicted octanol–water partition coefficient (Wildman–Crippen LogP) is 2.93. The Morgan fingerprint density at radius 1 is 1.40 bits per heavy atom. The van der Waals surface area contributed by atoms with Crippen molar-refractivity contribution < 1.29 is 8.78 Å². The van der Waals surface area contributed by atoms with E-state index >= 15 is 0 Å². The van der Waals surface area contributed by atoms with E-state index in [1.807, 2.05) is 13.8 Å². The molecule has 0 unspecified atom stereocenters. The van der Waals surface area contributed by atoms with E-state index in [4.69, 9.17) is 5.73 Å². The van der Waals surface area contributed by atoms with E-state index in [0.29, 0.717) is 18.1 Å². The first-order chi connectivity index (χ1) is 8.93. The molecule has 1 fully saturated rings. The largest absolute Gasteiger partial charge is 0.370 e. The molecule has 1 aromatic rings. The zero-order chi connectivity index (χ0) is 14.0. The number of nitrogens with two attached hydrogens (primary N) is 1. The van der Waals surface area contributed by atoms with Crippen molar-refractivity contribution in [2.75, 3.05) is 6.54 Å². The summed E-state index contributed by atoms with van der Waals surface area (Å²) in [4.78, 5) is 4.26. The van der Waals surface area contributed by atoms with Gasteiger partial charge < -0.3 is 11.1 Å². The molecular weight excluding hydrogens is 375 g/mol. The molecule has 0 aromatic heterocycles. The highest BCUT2D eigenvalue weighted by Crippen LogP contribution is 2.49. The Balaban J connectivity index is 0.00000200. The predicted molar refractivity (Wildman–Crippen MR) is 87.4 cm³/mol. The van der Waals surface area contributed by atoms with Crippen LogP contribution < -0.4 is 11.1 Å². The third-order valence-electron chi connectivity index (χ3n) is 3.34. The van der Waals surface area contributed by atoms with Crippen LogP contribution in [-0.4, -0.2) is 18.5 Å². The van der Waals surface area contributed by atoms with Gasteiger partial charge in [-0.05, 0) is 38.3 Å². The molecule has 1 aliphatic rings. The summed E-state index contributed by atoms with van der Waals surface area (Å²) in [7, 11) is 0. The molecule has 3 nitrogen and oxygen atoms in total. The van der Waals surface area contributed by atoms with E-state index in [9.17, 15) is 8.78 Å². The molecular formula is C14H20F2IN3. The molecule has 0 bridgehead atoms. The number of rotatable bonds is 4. The number of benzene rings is 1. The molecule has 1 aliphatic carbocycles. The molecule has 1 aromatic carbocycles. The van der Waals surface area contributed by atoms with Gasteiger partial charge >= 0.3 is 0 Å². The lowest BCUT2D eigenvalue weighted by Crippen LogP contribution is -2.37. The van der Waals surface area contributed by atoms with Gasteiger partial charge in [-0.15, -0.1) is 24.0 Å². The SMILES string of the molecule is CC(C)NC(N)=NCC1(c2ccc(F)cc2F)CC1.I. The maximum absolute atomic E-state index is 13.8. The second-order valence-corrected chi connectivity index (χ2v) is 5.41. The molecule has 3 N–H and O–H groups in total. The van der Waals surface area contributed by atoms with E-state index in [1.165, 1.54) is 12.1 Å². The summed E-state index contributed by atoms with van der Waals surface area (Å²) >= 11 is 0. The van der Waals surface area contributed by atoms with E-state index in [-0.39, 0.29) is 35.4 Å². The molecule has 0 atom stereocenters. The molecule has 20 heavy (non-hydrogen) atoms. The van der Waals surface area contributed by atoms with Crippen LogP contribution in [0.3, 0.4) is 0 Å². The molecule has 1 saturated carbocycles. The van der Waals surface area contributed by atoms with Crippen molar-refractivity contribution in [3.05, 3.63) is 35.4 Å². The quantitative estimate of drug-likeness (QED) is 0.468. The smallest absolute Gasteiger partial charge is 0.188 e. The summed E-state index contributed by atoms with van der Waals surface area (Å²) in [5.74, 6) is -0.687. The second-order valence-electron chi connectivity index (χ2n) is 5.41. The molecule has 0 saturated heterocycles. The highest BCUT2D eigenvalue weighted by atomic mass is 127. The van der Waals surface area contributed by atoms with Crippen LogP contribution in [0.25, 0.3) is 0 Å². The minimum Gasteiger partial charge on any atom is -0.370 e. The van der Waals surface area contributed by atoms with Gasteiger partial charge in [-0.1, -0.05) is 6.07 Å². The zero-order valence-corrected chi connectivity index (χ0v) is 13.9. The molecule has 0 heterocycles. The van der Waals surface area contributed by atoms with Gasteiger partial charge in [0, 0.05) is 17.5 Å². The van der Waals surface area contributed by atoms with Crippen LogP contribution in [0.1, 0.15) is 32.3 Å². The maximum Gasteiger partial charge on any atom is 0.188 e. The first-order valence-electron chi connectivity index (χ1n) is 6.45. The first kappa shape index (κ1) is 17.1. The Labute approximate surface area is 135 Å². The van der Waals surface area contributed by atoms with Gasteiger partial charge in [0.1, 0.15) is 11.6 Å². The third kappa shape index (κ3) is 4.04. The summed E-state index contributed by atoms with van der Waals surface area (Å²) in [5, 5.41) is 2.99. The molecule has 0 aliphatic heterocycles. The van der Waals surface area contributed by atoms with Crippen LogP contribution >= 0.6 is 24.0 Å². The molecule has 2 rings (SSSR count). The van der Waals surface area contributed by atoms with E-state index in [0.717, 1.165) is 18.9 Å². The van der Waals surface area contributed by atoms with Gasteiger partial charge in [0.2, 0.25) is 0 Å². The highest BCUT2D eigenvalue weighted by molar-refractivity contribution is 14.0. The minimum atomic E-state index is -0.554. The average molecular weight is 395 g/mol. The Hall–Kier alpha value is -0.920. The van der Waals surface area contributed by atoms with Crippen LogP contribution in [0.15, 0.2) is 23.2 Å². The summed E-state index contributed by atoms with van der Waals surface area (Å²) in [6.45, 7) is 4.37. The number of aliphatic imine (C=N–C) groups is 1. The fourth-order valence-electron chi connectivity index (χ4n) is 2.16. The van der Waals surface area contributed by atoms with Crippen LogP contribution in [0.2, 0.25) is 0 Å². The van der Waals surface area contributed by atoms with Gasteiger partial charge in [-0.3, -0.25) is 4.99 Å². The normalized spacial score (nSPS) is 16.8. The molecule has 0 amide bonds. The number of hydrogen-bond donors (Lipinski definition) is 2. The molecule has 0 spiro atoms. The van der Waals surface area contributed by atoms with Crippen LogP contribution in [0.4, 0.5) is 8.78 Å². The Kier molecular flexibility index (Phi) is 5.73. The van der Waals surface area contributed by atoms with Crippen molar-refractivity contribution in [3.63, 3.8) is 0 Å². The molecule has 6 heteroatoms. The summed E-state index contributed by atoms with van der Waals surface area (Å²) in [5.41, 5.74) is 5.97. The van der Waals surface area contributed by atoms with Gasteiger partial charge in [0.15, 0.2) is 5.96 Å². The van der Waals surface area contributed by atoms with Crippen molar-refractivity contribution in [2.45, 2.75) is 38.1 Å². The monoisotopic (exact) mass is 395 g/mol. The van der Waals surface area contributed by atoms with Crippen molar-refractivity contribution in [2.24, 2.45) is 10.7 Å². The molecule has 0 radical (unpaired) electrons. The summed E-state index contributed by atoms with van der Waals surface area (Å²) < 4.78 is 26.7. The van der Waals surface area contributed by atoms with E-state index in [2.05, 4.69) is 10.3 Å². The first-order valence-corrected chi connectivity index (χ1v) is 6.45. The average Bonchev–Trinajstić information content (AvgIpc) is 3.06. The van der Waals surface area contributed by atoms with Crippen LogP contribution in [-0.2, 0) is 5.41 Å². The van der Waals surface area contributed by atoms with Crippen molar-refractivity contribution >= 4 is 29.9 Å². The second kappa shape index (κ2) is 6.69. The fourth-order valence-corrected chi connectivity index (χ4v) is 2.16. The van der Waals surface area contributed by atoms with Crippen LogP contribution in [0, 0.1) is 11.6 Å². The van der Waals surface area contributed by atoms with E-state index in [1.54, 1.807) is 0 Å². The van der Waals surface area contributed by atoms with Gasteiger partial charge in [-0.2, -0.15) is 0 Å². The Bertz CT molecular complexity index is 499. The summed E-state index contributed by atoms with van der Waals surface area (Å²) in [6.07, 6.45) is 1.71. The van der Waals surface area contributed by atoms with Gasteiger partial charge in [0.05, 0.1) is 6.54 Å². The fraction of sp³-hybridized carbons (Fsp3) is 0.500. The number of nitrogens with zero attached hydrogens (tertiary/aromatic N) is 1. The minimum absolute atomic E-state index is 0. The van der Waals surface area contributed by atoms with Crippen molar-refractivity contribution in [1.82, 2.24) is 5.32 Å². The topological polar surface area (TPSA) is 50.4 Å². The van der Waals surface area contributed by atoms with Gasteiger partial charge in [0.25, 0.3) is 0 Å². The van der Waals surface area contributed by atoms with Crippen LogP contribution in [0.5, 0.6) is 0 Å². The van der Waals surface area contributed by atoms with Crippen molar-refractivity contribution in [1.29, 1.82) is 0 Å². The lowest BCUT2D eigenvalue weighted by Gasteiger charge is -2.15. The number of nitrogens with one attached hydrogen (secondary N) is 1. The summed E-state index contributed by atoms with van der Waals surface area (Å²) in [6, 6.07) is 3.94. The lowest BCUT2D eigenvalue weighted by molar-refractivity contribution is 0.548. The maximum atomic E-state index is 13.8.